The van der Waals surface area contributed by atoms with Crippen LogP contribution in [0.15, 0.2) is 36.4 Å². The zero-order valence-electron chi connectivity index (χ0n) is 10.3. The van der Waals surface area contributed by atoms with Crippen molar-refractivity contribution in [2.24, 2.45) is 11.7 Å². The molecule has 3 atom stereocenters. The Balaban J connectivity index is 2.00. The fourth-order valence-corrected chi connectivity index (χ4v) is 2.45. The van der Waals surface area contributed by atoms with Crippen LogP contribution >= 0.6 is 11.6 Å². The second kappa shape index (κ2) is 5.55. The van der Waals surface area contributed by atoms with Crippen molar-refractivity contribution in [1.82, 2.24) is 5.32 Å². The van der Waals surface area contributed by atoms with Crippen LogP contribution < -0.4 is 11.1 Å². The van der Waals surface area contributed by atoms with E-state index >= 15 is 0 Å². The Morgan fingerprint density at radius 1 is 1.44 bits per heavy atom. The van der Waals surface area contributed by atoms with E-state index in [2.05, 4.69) is 5.32 Å². The summed E-state index contributed by atoms with van der Waals surface area (Å²) in [5, 5.41) is 3.64. The van der Waals surface area contributed by atoms with E-state index in [1.165, 1.54) is 0 Å². The van der Waals surface area contributed by atoms with Gasteiger partial charge in [-0.25, -0.2) is 0 Å². The van der Waals surface area contributed by atoms with Gasteiger partial charge in [0.1, 0.15) is 0 Å². The molecule has 0 heterocycles. The molecule has 3 N–H and O–H groups in total. The van der Waals surface area contributed by atoms with Crippen molar-refractivity contribution < 1.29 is 4.79 Å². The van der Waals surface area contributed by atoms with Crippen molar-refractivity contribution in [1.29, 1.82) is 0 Å². The van der Waals surface area contributed by atoms with Gasteiger partial charge >= 0.3 is 0 Å². The number of benzene rings is 1. The van der Waals surface area contributed by atoms with Gasteiger partial charge in [-0.15, -0.1) is 0 Å². The Bertz CT molecular complexity index is 473. The highest BCUT2D eigenvalue weighted by Gasteiger charge is 2.24. The van der Waals surface area contributed by atoms with Gasteiger partial charge in [0.2, 0.25) is 5.91 Å². The van der Waals surface area contributed by atoms with Crippen molar-refractivity contribution in [3.8, 4) is 0 Å². The third-order valence-corrected chi connectivity index (χ3v) is 3.53. The maximum absolute atomic E-state index is 12.0. The predicted molar refractivity (Wildman–Crippen MR) is 73.2 cm³/mol. The lowest BCUT2D eigenvalue weighted by molar-refractivity contribution is -0.124. The SMILES string of the molecule is CC(NC(=O)C1C=CC(N)C1)c1ccccc1Cl. The minimum Gasteiger partial charge on any atom is -0.349 e. The number of nitrogens with two attached hydrogens (primary N) is 1. The van der Waals surface area contributed by atoms with E-state index in [0.29, 0.717) is 11.4 Å². The van der Waals surface area contributed by atoms with Crippen LogP contribution in [-0.4, -0.2) is 11.9 Å². The molecule has 1 aromatic carbocycles. The highest BCUT2D eigenvalue weighted by molar-refractivity contribution is 6.31. The average molecular weight is 265 g/mol. The topological polar surface area (TPSA) is 55.1 Å². The molecule has 2 rings (SSSR count). The summed E-state index contributed by atoms with van der Waals surface area (Å²) in [7, 11) is 0. The van der Waals surface area contributed by atoms with Gasteiger partial charge in [-0.3, -0.25) is 4.79 Å². The monoisotopic (exact) mass is 264 g/mol. The summed E-state index contributed by atoms with van der Waals surface area (Å²) in [5.41, 5.74) is 6.67. The van der Waals surface area contributed by atoms with Crippen LogP contribution in [0, 0.1) is 5.92 Å². The Morgan fingerprint density at radius 2 is 2.17 bits per heavy atom. The molecule has 0 bridgehead atoms. The highest BCUT2D eigenvalue weighted by atomic mass is 35.5. The number of amides is 1. The standard InChI is InChI=1S/C14H17ClN2O/c1-9(12-4-2-3-5-13(12)15)17-14(18)10-6-7-11(16)8-10/h2-7,9-11H,8,16H2,1H3,(H,17,18). The van der Waals surface area contributed by atoms with Crippen LogP contribution in [0.1, 0.15) is 24.9 Å². The molecule has 0 aliphatic heterocycles. The normalized spacial score (nSPS) is 23.9. The average Bonchev–Trinajstić information content (AvgIpc) is 2.76. The lowest BCUT2D eigenvalue weighted by atomic mass is 10.0. The van der Waals surface area contributed by atoms with E-state index < -0.39 is 0 Å². The molecule has 0 radical (unpaired) electrons. The van der Waals surface area contributed by atoms with Gasteiger partial charge in [-0.2, -0.15) is 0 Å². The van der Waals surface area contributed by atoms with Gasteiger partial charge in [-0.1, -0.05) is 42.0 Å². The predicted octanol–water partition coefficient (Wildman–Crippen LogP) is 2.42. The number of rotatable bonds is 3. The molecule has 0 fully saturated rings. The molecule has 96 valence electrons. The van der Waals surface area contributed by atoms with E-state index in [-0.39, 0.29) is 23.9 Å². The first-order valence-electron chi connectivity index (χ1n) is 6.06. The minimum atomic E-state index is -0.120. The highest BCUT2D eigenvalue weighted by Crippen LogP contribution is 2.23. The number of halogens is 1. The number of carbonyl (C=O) groups is 1. The fourth-order valence-electron chi connectivity index (χ4n) is 2.15. The van der Waals surface area contributed by atoms with Gasteiger partial charge in [0.25, 0.3) is 0 Å². The molecule has 1 amide bonds. The summed E-state index contributed by atoms with van der Waals surface area (Å²) < 4.78 is 0. The van der Waals surface area contributed by atoms with Crippen LogP contribution in [0.2, 0.25) is 5.02 Å². The van der Waals surface area contributed by atoms with Gasteiger partial charge in [0.05, 0.1) is 12.0 Å². The van der Waals surface area contributed by atoms with E-state index in [9.17, 15) is 4.79 Å². The Morgan fingerprint density at radius 3 is 2.78 bits per heavy atom. The first-order valence-corrected chi connectivity index (χ1v) is 6.44. The van der Waals surface area contributed by atoms with Crippen LogP contribution in [0.3, 0.4) is 0 Å². The molecular weight excluding hydrogens is 248 g/mol. The smallest absolute Gasteiger partial charge is 0.227 e. The zero-order chi connectivity index (χ0) is 13.1. The lowest BCUT2D eigenvalue weighted by Gasteiger charge is -2.18. The van der Waals surface area contributed by atoms with Gasteiger partial charge in [0, 0.05) is 11.1 Å². The number of nitrogens with one attached hydrogen (secondary N) is 1. The third kappa shape index (κ3) is 2.92. The molecule has 3 nitrogen and oxygen atoms in total. The molecule has 18 heavy (non-hydrogen) atoms. The third-order valence-electron chi connectivity index (χ3n) is 3.18. The molecule has 1 aliphatic carbocycles. The van der Waals surface area contributed by atoms with Gasteiger partial charge in [-0.05, 0) is 25.0 Å². The maximum Gasteiger partial charge on any atom is 0.227 e. The Labute approximate surface area is 112 Å². The summed E-state index contributed by atoms with van der Waals surface area (Å²) in [4.78, 5) is 12.0. The van der Waals surface area contributed by atoms with Crippen LogP contribution in [0.4, 0.5) is 0 Å². The molecule has 0 spiro atoms. The van der Waals surface area contributed by atoms with Crippen LogP contribution in [-0.2, 0) is 4.79 Å². The lowest BCUT2D eigenvalue weighted by Crippen LogP contribution is -2.32. The van der Waals surface area contributed by atoms with Crippen molar-refractivity contribution in [2.45, 2.75) is 25.4 Å². The summed E-state index contributed by atoms with van der Waals surface area (Å²) >= 11 is 6.10. The maximum atomic E-state index is 12.0. The Hall–Kier alpha value is -1.32. The molecule has 4 heteroatoms. The first-order chi connectivity index (χ1) is 8.58. The fraction of sp³-hybridized carbons (Fsp3) is 0.357. The largest absolute Gasteiger partial charge is 0.349 e. The van der Waals surface area contributed by atoms with Crippen LogP contribution in [0.25, 0.3) is 0 Å². The van der Waals surface area contributed by atoms with Gasteiger partial charge in [0.15, 0.2) is 0 Å². The molecular formula is C14H17ClN2O. The van der Waals surface area contributed by atoms with E-state index in [0.717, 1.165) is 5.56 Å². The van der Waals surface area contributed by atoms with E-state index in [1.807, 2.05) is 43.3 Å². The molecule has 1 aliphatic rings. The van der Waals surface area contributed by atoms with E-state index in [1.54, 1.807) is 0 Å². The van der Waals surface area contributed by atoms with Crippen molar-refractivity contribution in [2.75, 3.05) is 0 Å². The quantitative estimate of drug-likeness (QED) is 0.824. The number of hydrogen-bond donors (Lipinski definition) is 2. The molecule has 3 unspecified atom stereocenters. The van der Waals surface area contributed by atoms with E-state index in [4.69, 9.17) is 17.3 Å². The molecule has 0 saturated carbocycles. The van der Waals surface area contributed by atoms with Crippen molar-refractivity contribution >= 4 is 17.5 Å². The summed E-state index contributed by atoms with van der Waals surface area (Å²) in [6.45, 7) is 1.93. The van der Waals surface area contributed by atoms with Gasteiger partial charge < -0.3 is 11.1 Å². The summed E-state index contributed by atoms with van der Waals surface area (Å²) in [6.07, 6.45) is 4.44. The molecule has 0 saturated heterocycles. The second-order valence-corrected chi connectivity index (χ2v) is 5.05. The van der Waals surface area contributed by atoms with Crippen molar-refractivity contribution in [3.05, 3.63) is 47.0 Å². The number of hydrogen-bond acceptors (Lipinski definition) is 2. The Kier molecular flexibility index (Phi) is 4.04. The minimum absolute atomic E-state index is 0.00336. The van der Waals surface area contributed by atoms with Crippen LogP contribution in [0.5, 0.6) is 0 Å². The zero-order valence-corrected chi connectivity index (χ0v) is 11.0. The number of carbonyl (C=O) groups excluding carboxylic acids is 1. The molecule has 0 aromatic heterocycles. The second-order valence-electron chi connectivity index (χ2n) is 4.64. The molecule has 1 aromatic rings. The first kappa shape index (κ1) is 13.1. The summed E-state index contributed by atoms with van der Waals surface area (Å²) in [5.74, 6) is -0.114. The van der Waals surface area contributed by atoms with Crippen molar-refractivity contribution in [3.63, 3.8) is 0 Å². The summed E-state index contributed by atoms with van der Waals surface area (Å²) in [6, 6.07) is 7.43.